The van der Waals surface area contributed by atoms with Crippen LogP contribution in [0, 0.1) is 5.82 Å². The molecule has 0 unspecified atom stereocenters. The molecule has 0 radical (unpaired) electrons. The normalized spacial score (nSPS) is 11.6. The van der Waals surface area contributed by atoms with Crippen LogP contribution in [0.25, 0.3) is 15.8 Å². The van der Waals surface area contributed by atoms with Crippen molar-refractivity contribution in [1.82, 2.24) is 4.98 Å². The van der Waals surface area contributed by atoms with Gasteiger partial charge in [0.1, 0.15) is 5.82 Å². The van der Waals surface area contributed by atoms with Gasteiger partial charge < -0.3 is 0 Å². The Bertz CT molecular complexity index is 1020. The van der Waals surface area contributed by atoms with E-state index in [0.717, 1.165) is 6.07 Å². The smallest absolute Gasteiger partial charge is 0.206 e. The molecule has 0 aliphatic rings. The SMILES string of the molecule is C=C(c1cc(F)c(Cl)c2cccnc12)S(=O)(=O)c1ccccc1. The minimum absolute atomic E-state index is 0.0874. The summed E-state index contributed by atoms with van der Waals surface area (Å²) in [4.78, 5) is 4.00. The molecule has 0 N–H and O–H groups in total. The Balaban J connectivity index is 2.26. The average molecular weight is 348 g/mol. The second-order valence-corrected chi connectivity index (χ2v) is 7.21. The number of sulfone groups is 1. The summed E-state index contributed by atoms with van der Waals surface area (Å²) in [7, 11) is -3.86. The summed E-state index contributed by atoms with van der Waals surface area (Å²) in [6.07, 6.45) is 1.49. The molecule has 6 heteroatoms. The molecule has 3 nitrogen and oxygen atoms in total. The molecule has 0 spiro atoms. The molecule has 116 valence electrons. The van der Waals surface area contributed by atoms with Crippen LogP contribution in [0.15, 0.2) is 66.2 Å². The molecular formula is C17H11ClFNO2S. The number of pyridine rings is 1. The summed E-state index contributed by atoms with van der Waals surface area (Å²) >= 11 is 5.94. The Morgan fingerprint density at radius 1 is 1.13 bits per heavy atom. The fraction of sp³-hybridized carbons (Fsp3) is 0. The highest BCUT2D eigenvalue weighted by atomic mass is 35.5. The summed E-state index contributed by atoms with van der Waals surface area (Å²) < 4.78 is 39.4. The van der Waals surface area contributed by atoms with Crippen LogP contribution in [0.1, 0.15) is 5.56 Å². The van der Waals surface area contributed by atoms with Crippen LogP contribution < -0.4 is 0 Å². The zero-order valence-electron chi connectivity index (χ0n) is 11.8. The van der Waals surface area contributed by atoms with Gasteiger partial charge in [-0.05, 0) is 30.3 Å². The highest BCUT2D eigenvalue weighted by Gasteiger charge is 2.24. The summed E-state index contributed by atoms with van der Waals surface area (Å²) in [5.41, 5.74) is 0.398. The maximum absolute atomic E-state index is 14.1. The molecule has 0 aliphatic heterocycles. The van der Waals surface area contributed by atoms with Crippen LogP contribution in [-0.4, -0.2) is 13.4 Å². The minimum atomic E-state index is -3.86. The van der Waals surface area contributed by atoms with Crippen LogP contribution in [0.4, 0.5) is 4.39 Å². The third-order valence-corrected chi connectivity index (χ3v) is 5.60. The molecule has 3 aromatic rings. The Morgan fingerprint density at radius 3 is 2.52 bits per heavy atom. The van der Waals surface area contributed by atoms with Gasteiger partial charge in [-0.1, -0.05) is 36.4 Å². The largest absolute Gasteiger partial charge is 0.256 e. The van der Waals surface area contributed by atoms with Crippen LogP contribution in [0.2, 0.25) is 5.02 Å². The van der Waals surface area contributed by atoms with Crippen molar-refractivity contribution >= 4 is 37.2 Å². The van der Waals surface area contributed by atoms with Gasteiger partial charge >= 0.3 is 0 Å². The maximum atomic E-state index is 14.1. The monoisotopic (exact) mass is 347 g/mol. The molecule has 3 rings (SSSR count). The van der Waals surface area contributed by atoms with Gasteiger partial charge in [0.15, 0.2) is 0 Å². The number of aromatic nitrogens is 1. The minimum Gasteiger partial charge on any atom is -0.256 e. The van der Waals surface area contributed by atoms with Crippen molar-refractivity contribution in [3.63, 3.8) is 0 Å². The Hall–Kier alpha value is -2.24. The molecule has 2 aromatic carbocycles. The molecule has 0 fully saturated rings. The lowest BCUT2D eigenvalue weighted by Crippen LogP contribution is -2.05. The van der Waals surface area contributed by atoms with Crippen molar-refractivity contribution in [3.8, 4) is 0 Å². The predicted molar refractivity (Wildman–Crippen MR) is 89.4 cm³/mol. The van der Waals surface area contributed by atoms with Gasteiger partial charge in [-0.15, -0.1) is 0 Å². The van der Waals surface area contributed by atoms with Crippen molar-refractivity contribution in [2.24, 2.45) is 0 Å². The van der Waals surface area contributed by atoms with E-state index >= 15 is 0 Å². The lowest BCUT2D eigenvalue weighted by Gasteiger charge is -2.12. The number of rotatable bonds is 3. The Kier molecular flexibility index (Phi) is 3.92. The highest BCUT2D eigenvalue weighted by Crippen LogP contribution is 2.34. The van der Waals surface area contributed by atoms with E-state index in [-0.39, 0.29) is 20.4 Å². The lowest BCUT2D eigenvalue weighted by atomic mass is 10.1. The summed E-state index contributed by atoms with van der Waals surface area (Å²) in [5.74, 6) is -0.716. The molecule has 0 bridgehead atoms. The number of nitrogens with zero attached hydrogens (tertiary/aromatic N) is 1. The Morgan fingerprint density at radius 2 is 1.83 bits per heavy atom. The molecule has 1 heterocycles. The zero-order chi connectivity index (χ0) is 16.6. The first-order chi connectivity index (χ1) is 10.9. The Labute approximate surface area is 138 Å². The fourth-order valence-corrected chi connectivity index (χ4v) is 3.74. The van der Waals surface area contributed by atoms with Crippen molar-refractivity contribution in [2.45, 2.75) is 4.90 Å². The van der Waals surface area contributed by atoms with Gasteiger partial charge in [-0.2, -0.15) is 0 Å². The predicted octanol–water partition coefficient (Wildman–Crippen LogP) is 4.47. The maximum Gasteiger partial charge on any atom is 0.206 e. The number of hydrogen-bond donors (Lipinski definition) is 0. The summed E-state index contributed by atoms with van der Waals surface area (Å²) in [6, 6.07) is 12.1. The number of halogens is 2. The molecule has 23 heavy (non-hydrogen) atoms. The topological polar surface area (TPSA) is 47.0 Å². The van der Waals surface area contributed by atoms with Gasteiger partial charge in [0, 0.05) is 17.1 Å². The van der Waals surface area contributed by atoms with Crippen molar-refractivity contribution in [3.05, 3.63) is 77.7 Å². The molecule has 1 aromatic heterocycles. The third-order valence-electron chi connectivity index (χ3n) is 3.46. The number of fused-ring (bicyclic) bond motifs is 1. The van der Waals surface area contributed by atoms with Gasteiger partial charge in [0.25, 0.3) is 0 Å². The lowest BCUT2D eigenvalue weighted by molar-refractivity contribution is 0.606. The molecule has 0 aliphatic carbocycles. The summed E-state index contributed by atoms with van der Waals surface area (Å²) in [5, 5.41) is 0.246. The van der Waals surface area contributed by atoms with Gasteiger partial charge in [0.05, 0.1) is 20.3 Å². The third kappa shape index (κ3) is 2.62. The van der Waals surface area contributed by atoms with E-state index in [2.05, 4.69) is 11.6 Å². The first kappa shape index (κ1) is 15.6. The van der Waals surface area contributed by atoms with E-state index in [4.69, 9.17) is 11.6 Å². The summed E-state index contributed by atoms with van der Waals surface area (Å²) in [6.45, 7) is 3.66. The first-order valence-electron chi connectivity index (χ1n) is 6.65. The van der Waals surface area contributed by atoms with E-state index in [9.17, 15) is 12.8 Å². The zero-order valence-corrected chi connectivity index (χ0v) is 13.4. The van der Waals surface area contributed by atoms with Crippen molar-refractivity contribution < 1.29 is 12.8 Å². The van der Waals surface area contributed by atoms with E-state index in [1.807, 2.05) is 0 Å². The molecule has 0 saturated heterocycles. The number of hydrogen-bond acceptors (Lipinski definition) is 3. The van der Waals surface area contributed by atoms with E-state index in [1.165, 1.54) is 18.3 Å². The van der Waals surface area contributed by atoms with E-state index in [1.54, 1.807) is 30.3 Å². The van der Waals surface area contributed by atoms with Crippen LogP contribution in [-0.2, 0) is 9.84 Å². The highest BCUT2D eigenvalue weighted by molar-refractivity contribution is 8.00. The van der Waals surface area contributed by atoms with Gasteiger partial charge in [-0.3, -0.25) is 4.98 Å². The van der Waals surface area contributed by atoms with Crippen molar-refractivity contribution in [1.29, 1.82) is 0 Å². The molecule has 0 saturated carbocycles. The second-order valence-electron chi connectivity index (χ2n) is 4.86. The van der Waals surface area contributed by atoms with Gasteiger partial charge in [0.2, 0.25) is 9.84 Å². The van der Waals surface area contributed by atoms with Gasteiger partial charge in [-0.25, -0.2) is 12.8 Å². The average Bonchev–Trinajstić information content (AvgIpc) is 2.58. The van der Waals surface area contributed by atoms with E-state index in [0.29, 0.717) is 10.9 Å². The van der Waals surface area contributed by atoms with Crippen molar-refractivity contribution in [2.75, 3.05) is 0 Å². The fourth-order valence-electron chi connectivity index (χ4n) is 2.28. The quantitative estimate of drug-likeness (QED) is 0.702. The molecule has 0 amide bonds. The first-order valence-corrected chi connectivity index (χ1v) is 8.51. The number of benzene rings is 2. The van der Waals surface area contributed by atoms with Crippen LogP contribution in [0.5, 0.6) is 0 Å². The molecule has 0 atom stereocenters. The standard InChI is InChI=1S/C17H11ClFNO2S/c1-11(23(21,22)12-6-3-2-4-7-12)14-10-15(19)16(18)13-8-5-9-20-17(13)14/h2-10H,1H2. The van der Waals surface area contributed by atoms with Crippen LogP contribution >= 0.6 is 11.6 Å². The second kappa shape index (κ2) is 5.76. The van der Waals surface area contributed by atoms with Crippen LogP contribution in [0.3, 0.4) is 0 Å². The van der Waals surface area contributed by atoms with E-state index < -0.39 is 15.7 Å². The molecular weight excluding hydrogens is 337 g/mol.